The molecule has 0 aromatic rings. The van der Waals surface area contributed by atoms with Crippen LogP contribution in [0.5, 0.6) is 0 Å². The molecule has 2 aliphatic carbocycles. The normalized spacial score (nSPS) is 22.4. The Labute approximate surface area is 111 Å². The van der Waals surface area contributed by atoms with E-state index < -0.39 is 0 Å². The van der Waals surface area contributed by atoms with E-state index in [1.54, 1.807) is 5.57 Å². The van der Waals surface area contributed by atoms with Gasteiger partial charge in [-0.2, -0.15) is 0 Å². The maximum Gasteiger partial charge on any atom is 0.0897 e. The predicted octanol–water partition coefficient (Wildman–Crippen LogP) is 2.40. The second kappa shape index (κ2) is 7.93. The molecule has 2 aliphatic rings. The van der Waals surface area contributed by atoms with E-state index in [1.165, 1.54) is 44.9 Å². The van der Waals surface area contributed by atoms with Crippen LogP contribution in [-0.4, -0.2) is 37.0 Å². The van der Waals surface area contributed by atoms with E-state index >= 15 is 0 Å². The molecule has 1 unspecified atom stereocenters. The van der Waals surface area contributed by atoms with Crippen molar-refractivity contribution in [3.05, 3.63) is 11.6 Å². The van der Waals surface area contributed by atoms with Gasteiger partial charge in [-0.3, -0.25) is 0 Å². The lowest BCUT2D eigenvalue weighted by Crippen LogP contribution is -2.32. The largest absolute Gasteiger partial charge is 0.389 e. The van der Waals surface area contributed by atoms with Gasteiger partial charge in [-0.25, -0.2) is 0 Å². The summed E-state index contributed by atoms with van der Waals surface area (Å²) in [5.41, 5.74) is 1.58. The van der Waals surface area contributed by atoms with Crippen molar-refractivity contribution in [3.63, 3.8) is 0 Å². The van der Waals surface area contributed by atoms with Crippen LogP contribution in [0.25, 0.3) is 0 Å². The fourth-order valence-electron chi connectivity index (χ4n) is 2.84. The Morgan fingerprint density at radius 3 is 2.89 bits per heavy atom. The zero-order valence-electron chi connectivity index (χ0n) is 11.4. The van der Waals surface area contributed by atoms with Crippen molar-refractivity contribution in [2.24, 2.45) is 0 Å². The molecule has 2 rings (SSSR count). The summed E-state index contributed by atoms with van der Waals surface area (Å²) >= 11 is 0. The minimum Gasteiger partial charge on any atom is -0.389 e. The minimum absolute atomic E-state index is 0.358. The second-order valence-corrected chi connectivity index (χ2v) is 5.60. The van der Waals surface area contributed by atoms with Crippen molar-refractivity contribution in [3.8, 4) is 0 Å². The molecule has 0 spiro atoms. The lowest BCUT2D eigenvalue weighted by molar-refractivity contribution is -0.00530. The Morgan fingerprint density at radius 1 is 1.33 bits per heavy atom. The average Bonchev–Trinajstić information content (AvgIpc) is 3.04. The molecular formula is C15H27NO2. The maximum atomic E-state index is 9.80. The number of aliphatic hydroxyl groups excluding tert-OH is 1. The lowest BCUT2D eigenvalue weighted by atomic mass is 10.2. The monoisotopic (exact) mass is 253 g/mol. The van der Waals surface area contributed by atoms with Gasteiger partial charge >= 0.3 is 0 Å². The van der Waals surface area contributed by atoms with Crippen LogP contribution in [0, 0.1) is 0 Å². The first-order valence-corrected chi connectivity index (χ1v) is 7.53. The molecule has 0 aliphatic heterocycles. The molecule has 0 radical (unpaired) electrons. The lowest BCUT2D eigenvalue weighted by Gasteiger charge is -2.16. The molecule has 18 heavy (non-hydrogen) atoms. The molecule has 0 bridgehead atoms. The van der Waals surface area contributed by atoms with Crippen LogP contribution < -0.4 is 5.32 Å². The van der Waals surface area contributed by atoms with Crippen molar-refractivity contribution >= 4 is 0 Å². The van der Waals surface area contributed by atoms with Crippen molar-refractivity contribution in [1.29, 1.82) is 0 Å². The molecule has 0 aromatic carbocycles. The topological polar surface area (TPSA) is 41.5 Å². The molecule has 0 aromatic heterocycles. The molecule has 0 saturated heterocycles. The van der Waals surface area contributed by atoms with Gasteiger partial charge in [-0.05, 0) is 45.1 Å². The summed E-state index contributed by atoms with van der Waals surface area (Å²) in [6, 6.07) is 0. The van der Waals surface area contributed by atoms with Gasteiger partial charge in [-0.15, -0.1) is 0 Å². The third kappa shape index (κ3) is 5.09. The number of ether oxygens (including phenoxy) is 1. The van der Waals surface area contributed by atoms with E-state index in [-0.39, 0.29) is 6.10 Å². The molecule has 1 atom stereocenters. The van der Waals surface area contributed by atoms with Crippen LogP contribution in [-0.2, 0) is 4.74 Å². The molecule has 3 nitrogen and oxygen atoms in total. The highest BCUT2D eigenvalue weighted by atomic mass is 16.5. The van der Waals surface area contributed by atoms with Crippen molar-refractivity contribution < 1.29 is 9.84 Å². The van der Waals surface area contributed by atoms with Crippen LogP contribution in [0.15, 0.2) is 11.6 Å². The van der Waals surface area contributed by atoms with Gasteiger partial charge < -0.3 is 15.2 Å². The van der Waals surface area contributed by atoms with Gasteiger partial charge in [0.25, 0.3) is 0 Å². The molecule has 2 N–H and O–H groups in total. The Morgan fingerprint density at radius 2 is 2.17 bits per heavy atom. The molecular weight excluding hydrogens is 226 g/mol. The quantitative estimate of drug-likeness (QED) is 0.515. The smallest absolute Gasteiger partial charge is 0.0897 e. The highest BCUT2D eigenvalue weighted by molar-refractivity contribution is 5.07. The molecule has 0 amide bonds. The van der Waals surface area contributed by atoms with Crippen LogP contribution in [0.2, 0.25) is 0 Å². The number of rotatable bonds is 8. The van der Waals surface area contributed by atoms with Crippen molar-refractivity contribution in [2.45, 2.75) is 63.6 Å². The highest BCUT2D eigenvalue weighted by Gasteiger charge is 2.16. The third-order valence-electron chi connectivity index (χ3n) is 3.96. The highest BCUT2D eigenvalue weighted by Crippen LogP contribution is 2.21. The van der Waals surface area contributed by atoms with E-state index in [1.807, 2.05) is 0 Å². The fraction of sp³-hybridized carbons (Fsp3) is 0.867. The van der Waals surface area contributed by atoms with E-state index in [4.69, 9.17) is 4.74 Å². The van der Waals surface area contributed by atoms with E-state index in [2.05, 4.69) is 11.4 Å². The zero-order chi connectivity index (χ0) is 12.6. The Hall–Kier alpha value is -0.380. The van der Waals surface area contributed by atoms with Gasteiger partial charge in [0.05, 0.1) is 18.8 Å². The molecule has 1 saturated carbocycles. The Bertz CT molecular complexity index is 259. The first kappa shape index (κ1) is 14.0. The van der Waals surface area contributed by atoms with Gasteiger partial charge in [-0.1, -0.05) is 24.5 Å². The molecule has 0 heterocycles. The number of nitrogens with one attached hydrogen (secondary N) is 1. The van der Waals surface area contributed by atoms with Crippen LogP contribution in [0.1, 0.15) is 51.4 Å². The second-order valence-electron chi connectivity index (χ2n) is 5.60. The first-order chi connectivity index (χ1) is 8.84. The minimum atomic E-state index is -0.358. The predicted molar refractivity (Wildman–Crippen MR) is 73.6 cm³/mol. The van der Waals surface area contributed by atoms with Gasteiger partial charge in [0.1, 0.15) is 0 Å². The maximum absolute atomic E-state index is 9.80. The van der Waals surface area contributed by atoms with E-state index in [0.29, 0.717) is 19.3 Å². The summed E-state index contributed by atoms with van der Waals surface area (Å²) in [4.78, 5) is 0. The number of hydrogen-bond acceptors (Lipinski definition) is 3. The van der Waals surface area contributed by atoms with Gasteiger partial charge in [0.2, 0.25) is 0 Å². The number of aliphatic hydroxyl groups is 1. The van der Waals surface area contributed by atoms with Crippen LogP contribution >= 0.6 is 0 Å². The summed E-state index contributed by atoms with van der Waals surface area (Å²) in [6.45, 7) is 2.12. The van der Waals surface area contributed by atoms with Crippen LogP contribution in [0.4, 0.5) is 0 Å². The summed E-state index contributed by atoms with van der Waals surface area (Å²) in [6.07, 6.45) is 12.3. The van der Waals surface area contributed by atoms with Crippen molar-refractivity contribution in [2.75, 3.05) is 19.7 Å². The first-order valence-electron chi connectivity index (χ1n) is 7.53. The van der Waals surface area contributed by atoms with E-state index in [0.717, 1.165) is 13.0 Å². The Balaban J connectivity index is 1.45. The number of hydrogen-bond donors (Lipinski definition) is 2. The number of allylic oxidation sites excluding steroid dienone is 1. The summed E-state index contributed by atoms with van der Waals surface area (Å²) in [7, 11) is 0. The summed E-state index contributed by atoms with van der Waals surface area (Å²) in [5.74, 6) is 0. The standard InChI is InChI=1S/C15H27NO2/c17-14(12-18-15-7-3-4-8-15)11-16-10-9-13-5-1-2-6-13/h5,14-17H,1-4,6-12H2. The molecule has 3 heteroatoms. The Kier molecular flexibility index (Phi) is 6.18. The third-order valence-corrected chi connectivity index (χ3v) is 3.96. The van der Waals surface area contributed by atoms with Crippen LogP contribution in [0.3, 0.4) is 0 Å². The molecule has 104 valence electrons. The molecule has 1 fully saturated rings. The fourth-order valence-corrected chi connectivity index (χ4v) is 2.84. The van der Waals surface area contributed by atoms with E-state index in [9.17, 15) is 5.11 Å². The SMILES string of the molecule is OC(CNCCC1=CCCC1)COC1CCCC1. The van der Waals surface area contributed by atoms with Crippen molar-refractivity contribution in [1.82, 2.24) is 5.32 Å². The van der Waals surface area contributed by atoms with Gasteiger partial charge in [0.15, 0.2) is 0 Å². The average molecular weight is 253 g/mol. The summed E-state index contributed by atoms with van der Waals surface area (Å²) in [5, 5.41) is 13.1. The zero-order valence-corrected chi connectivity index (χ0v) is 11.4. The van der Waals surface area contributed by atoms with Gasteiger partial charge in [0, 0.05) is 6.54 Å². The summed E-state index contributed by atoms with van der Waals surface area (Å²) < 4.78 is 5.69.